The van der Waals surface area contributed by atoms with Gasteiger partial charge in [-0.05, 0) is 24.7 Å². The van der Waals surface area contributed by atoms with Crippen LogP contribution in [0.15, 0.2) is 18.5 Å². The number of carbonyl (C=O) groups excluding carboxylic acids is 1. The standard InChI is InChI=1S/C11H11FN2O/c12-7-3-8(6-13-5-7)14-10(15)9-4-11(9)1-2-11/h3,5-6,9H,1-2,4H2,(H,14,15). The molecule has 2 saturated carbocycles. The van der Waals surface area contributed by atoms with Crippen molar-refractivity contribution in [2.45, 2.75) is 19.3 Å². The first-order valence-electron chi connectivity index (χ1n) is 5.11. The maximum atomic E-state index is 12.8. The Morgan fingerprint density at radius 3 is 2.93 bits per heavy atom. The molecular formula is C11H11FN2O. The lowest BCUT2D eigenvalue weighted by atomic mass is 10.3. The van der Waals surface area contributed by atoms with Crippen molar-refractivity contribution in [2.24, 2.45) is 11.3 Å². The molecule has 78 valence electrons. The summed E-state index contributed by atoms with van der Waals surface area (Å²) in [5.74, 6) is -0.259. The van der Waals surface area contributed by atoms with E-state index in [0.29, 0.717) is 11.1 Å². The highest BCUT2D eigenvalue weighted by Gasteiger charge is 2.65. The Balaban J connectivity index is 1.67. The summed E-state index contributed by atoms with van der Waals surface area (Å²) in [6.45, 7) is 0. The van der Waals surface area contributed by atoms with Crippen LogP contribution in [-0.2, 0) is 4.79 Å². The highest BCUT2D eigenvalue weighted by Crippen LogP contribution is 2.70. The van der Waals surface area contributed by atoms with Crippen LogP contribution in [0, 0.1) is 17.2 Å². The van der Waals surface area contributed by atoms with E-state index in [0.717, 1.165) is 12.6 Å². The van der Waals surface area contributed by atoms with Crippen LogP contribution < -0.4 is 5.32 Å². The molecule has 2 fully saturated rings. The molecule has 0 aromatic carbocycles. The van der Waals surface area contributed by atoms with Gasteiger partial charge in [-0.3, -0.25) is 9.78 Å². The first-order chi connectivity index (χ1) is 7.20. The molecule has 0 bridgehead atoms. The van der Waals surface area contributed by atoms with Crippen molar-refractivity contribution < 1.29 is 9.18 Å². The Morgan fingerprint density at radius 2 is 2.33 bits per heavy atom. The molecule has 1 aromatic rings. The van der Waals surface area contributed by atoms with Crippen LogP contribution in [0.3, 0.4) is 0 Å². The lowest BCUT2D eigenvalue weighted by Gasteiger charge is -2.03. The van der Waals surface area contributed by atoms with E-state index in [9.17, 15) is 9.18 Å². The van der Waals surface area contributed by atoms with E-state index in [1.807, 2.05) is 0 Å². The number of nitrogens with one attached hydrogen (secondary N) is 1. The van der Waals surface area contributed by atoms with Crippen molar-refractivity contribution >= 4 is 11.6 Å². The maximum Gasteiger partial charge on any atom is 0.228 e. The average molecular weight is 206 g/mol. The van der Waals surface area contributed by atoms with Gasteiger partial charge in [0.05, 0.1) is 18.1 Å². The number of pyridine rings is 1. The van der Waals surface area contributed by atoms with Crippen LogP contribution >= 0.6 is 0 Å². The molecule has 2 aliphatic rings. The fourth-order valence-electron chi connectivity index (χ4n) is 2.14. The van der Waals surface area contributed by atoms with Gasteiger partial charge in [0.15, 0.2) is 0 Å². The largest absolute Gasteiger partial charge is 0.324 e. The monoisotopic (exact) mass is 206 g/mol. The molecule has 4 heteroatoms. The zero-order chi connectivity index (χ0) is 10.5. The third-order valence-electron chi connectivity index (χ3n) is 3.37. The molecule has 1 unspecified atom stereocenters. The predicted octanol–water partition coefficient (Wildman–Crippen LogP) is 1.96. The van der Waals surface area contributed by atoms with Gasteiger partial charge >= 0.3 is 0 Å². The van der Waals surface area contributed by atoms with E-state index in [2.05, 4.69) is 10.3 Å². The molecule has 1 aromatic heterocycles. The Bertz CT molecular complexity index is 428. The number of hydrogen-bond donors (Lipinski definition) is 1. The summed E-state index contributed by atoms with van der Waals surface area (Å²) in [5.41, 5.74) is 0.785. The van der Waals surface area contributed by atoms with Crippen LogP contribution in [0.25, 0.3) is 0 Å². The number of anilines is 1. The Morgan fingerprint density at radius 1 is 1.53 bits per heavy atom. The Kier molecular flexibility index (Phi) is 1.63. The molecule has 3 nitrogen and oxygen atoms in total. The number of nitrogens with zero attached hydrogens (tertiary/aromatic N) is 1. The minimum Gasteiger partial charge on any atom is -0.324 e. The van der Waals surface area contributed by atoms with Crippen LogP contribution in [0.4, 0.5) is 10.1 Å². The molecule has 0 aliphatic heterocycles. The molecule has 0 saturated heterocycles. The van der Waals surface area contributed by atoms with Crippen LogP contribution in [0.5, 0.6) is 0 Å². The minimum absolute atomic E-state index is 0.0138. The normalized spacial score (nSPS) is 25.0. The van der Waals surface area contributed by atoms with Crippen molar-refractivity contribution in [3.8, 4) is 0 Å². The third kappa shape index (κ3) is 1.50. The van der Waals surface area contributed by atoms with Gasteiger partial charge in [0.25, 0.3) is 0 Å². The highest BCUT2D eigenvalue weighted by molar-refractivity contribution is 5.95. The van der Waals surface area contributed by atoms with Crippen molar-refractivity contribution in [1.29, 1.82) is 0 Å². The fraction of sp³-hybridized carbons (Fsp3) is 0.455. The summed E-state index contributed by atoms with van der Waals surface area (Å²) >= 11 is 0. The molecule has 2 aliphatic carbocycles. The van der Waals surface area contributed by atoms with Gasteiger partial charge in [-0.25, -0.2) is 4.39 Å². The summed E-state index contributed by atoms with van der Waals surface area (Å²) in [7, 11) is 0. The number of halogens is 1. The zero-order valence-electron chi connectivity index (χ0n) is 8.16. The highest BCUT2D eigenvalue weighted by atomic mass is 19.1. The summed E-state index contributed by atoms with van der Waals surface area (Å²) in [6, 6.07) is 1.28. The molecule has 15 heavy (non-hydrogen) atoms. The zero-order valence-corrected chi connectivity index (χ0v) is 8.16. The lowest BCUT2D eigenvalue weighted by Crippen LogP contribution is -2.15. The fourth-order valence-corrected chi connectivity index (χ4v) is 2.14. The van der Waals surface area contributed by atoms with E-state index >= 15 is 0 Å². The number of rotatable bonds is 2. The van der Waals surface area contributed by atoms with Gasteiger partial charge in [-0.1, -0.05) is 0 Å². The SMILES string of the molecule is O=C(Nc1cncc(F)c1)C1CC12CC2. The summed E-state index contributed by atoms with van der Waals surface area (Å²) in [6.07, 6.45) is 5.93. The third-order valence-corrected chi connectivity index (χ3v) is 3.37. The smallest absolute Gasteiger partial charge is 0.228 e. The first kappa shape index (κ1) is 8.83. The van der Waals surface area contributed by atoms with Crippen molar-refractivity contribution in [2.75, 3.05) is 5.32 Å². The maximum absolute atomic E-state index is 12.8. The summed E-state index contributed by atoms with van der Waals surface area (Å²) in [5, 5.41) is 2.70. The van der Waals surface area contributed by atoms with Crippen LogP contribution in [0.2, 0.25) is 0 Å². The Hall–Kier alpha value is -1.45. The Labute approximate surface area is 86.7 Å². The van der Waals surface area contributed by atoms with Gasteiger partial charge in [0.1, 0.15) is 5.82 Å². The second-order valence-corrected chi connectivity index (χ2v) is 4.50. The molecule has 3 rings (SSSR count). The van der Waals surface area contributed by atoms with Crippen molar-refractivity contribution in [1.82, 2.24) is 4.98 Å². The van der Waals surface area contributed by atoms with E-state index < -0.39 is 5.82 Å². The van der Waals surface area contributed by atoms with Gasteiger partial charge < -0.3 is 5.32 Å². The van der Waals surface area contributed by atoms with E-state index in [-0.39, 0.29) is 11.8 Å². The van der Waals surface area contributed by atoms with Crippen LogP contribution in [0.1, 0.15) is 19.3 Å². The number of hydrogen-bond acceptors (Lipinski definition) is 2. The number of aromatic nitrogens is 1. The second kappa shape index (κ2) is 2.78. The molecule has 1 atom stereocenters. The minimum atomic E-state index is -0.426. The molecule has 1 amide bonds. The topological polar surface area (TPSA) is 42.0 Å². The van der Waals surface area contributed by atoms with Gasteiger partial charge in [0, 0.05) is 12.0 Å². The molecule has 1 spiro atoms. The summed E-state index contributed by atoms with van der Waals surface area (Å²) < 4.78 is 12.8. The van der Waals surface area contributed by atoms with Crippen LogP contribution in [-0.4, -0.2) is 10.9 Å². The van der Waals surface area contributed by atoms with E-state index in [1.165, 1.54) is 25.1 Å². The van der Waals surface area contributed by atoms with E-state index in [4.69, 9.17) is 0 Å². The van der Waals surface area contributed by atoms with E-state index in [1.54, 1.807) is 0 Å². The van der Waals surface area contributed by atoms with Gasteiger partial charge in [-0.15, -0.1) is 0 Å². The number of carbonyl (C=O) groups is 1. The lowest BCUT2D eigenvalue weighted by molar-refractivity contribution is -0.117. The molecule has 0 radical (unpaired) electrons. The number of amides is 1. The quantitative estimate of drug-likeness (QED) is 0.803. The van der Waals surface area contributed by atoms with Gasteiger partial charge in [-0.2, -0.15) is 0 Å². The summed E-state index contributed by atoms with van der Waals surface area (Å²) in [4.78, 5) is 15.4. The van der Waals surface area contributed by atoms with Crippen molar-refractivity contribution in [3.05, 3.63) is 24.3 Å². The van der Waals surface area contributed by atoms with Crippen molar-refractivity contribution in [3.63, 3.8) is 0 Å². The first-order valence-corrected chi connectivity index (χ1v) is 5.11. The van der Waals surface area contributed by atoms with Gasteiger partial charge in [0.2, 0.25) is 5.91 Å². The average Bonchev–Trinajstić information content (AvgIpc) is 3.07. The second-order valence-electron chi connectivity index (χ2n) is 4.50. The predicted molar refractivity (Wildman–Crippen MR) is 52.6 cm³/mol. The molecule has 1 heterocycles. The molecule has 1 N–H and O–H groups in total. The molecular weight excluding hydrogens is 195 g/mol.